The first-order chi connectivity index (χ1) is 28.2. The van der Waals surface area contributed by atoms with E-state index in [-0.39, 0.29) is 6.04 Å². The third-order valence-corrected chi connectivity index (χ3v) is 14.4. The normalized spacial score (nSPS) is 16.6. The molecule has 2 atom stereocenters. The SMILES string of the molecule is C=C1CC2C(CCc3cc4c(cc3-c3cccc[n+]31)c1cc(-c3ccccc3)cc3c5ccc6c7ccccc7sc6c5n4c13)c1ccccc1-c1cccc[n+]12. The highest BCUT2D eigenvalue weighted by molar-refractivity contribution is 7.26. The minimum Gasteiger partial charge on any atom is -0.307 e. The first-order valence-corrected chi connectivity index (χ1v) is 21.0. The Labute approximate surface area is 334 Å². The van der Waals surface area contributed by atoms with Gasteiger partial charge in [0.25, 0.3) is 0 Å². The van der Waals surface area contributed by atoms with E-state index in [0.29, 0.717) is 5.92 Å². The van der Waals surface area contributed by atoms with Gasteiger partial charge < -0.3 is 4.40 Å². The molecule has 5 aromatic heterocycles. The molecule has 0 bridgehead atoms. The maximum atomic E-state index is 4.82. The van der Waals surface area contributed by atoms with Crippen molar-refractivity contribution in [1.29, 1.82) is 0 Å². The quantitative estimate of drug-likeness (QED) is 0.148. The lowest BCUT2D eigenvalue weighted by Crippen LogP contribution is -2.49. The second-order valence-corrected chi connectivity index (χ2v) is 17.2. The number of aromatic nitrogens is 3. The number of benzene rings is 6. The second-order valence-electron chi connectivity index (χ2n) is 16.1. The molecular formula is C53H37N3S+2. The van der Waals surface area contributed by atoms with Gasteiger partial charge in [-0.2, -0.15) is 9.13 Å². The zero-order valence-corrected chi connectivity index (χ0v) is 32.1. The van der Waals surface area contributed by atoms with E-state index in [1.54, 1.807) is 0 Å². The van der Waals surface area contributed by atoms with Crippen molar-refractivity contribution in [2.45, 2.75) is 31.2 Å². The molecule has 2 aliphatic heterocycles. The van der Waals surface area contributed by atoms with E-state index in [1.165, 1.54) is 103 Å². The van der Waals surface area contributed by atoms with Gasteiger partial charge in [-0.15, -0.1) is 11.3 Å². The highest BCUT2D eigenvalue weighted by Crippen LogP contribution is 2.49. The molecule has 0 fully saturated rings. The van der Waals surface area contributed by atoms with Crippen molar-refractivity contribution in [1.82, 2.24) is 4.40 Å². The zero-order valence-electron chi connectivity index (χ0n) is 31.3. The molecule has 6 aromatic carbocycles. The van der Waals surface area contributed by atoms with E-state index < -0.39 is 0 Å². The van der Waals surface area contributed by atoms with Gasteiger partial charge >= 0.3 is 0 Å². The Morgan fingerprint density at radius 2 is 1.33 bits per heavy atom. The average molecular weight is 748 g/mol. The average Bonchev–Trinajstić information content (AvgIpc) is 3.92. The topological polar surface area (TPSA) is 12.2 Å². The van der Waals surface area contributed by atoms with Crippen molar-refractivity contribution in [2.24, 2.45) is 0 Å². The molecule has 0 spiro atoms. The fourth-order valence-corrected chi connectivity index (χ4v) is 12.0. The van der Waals surface area contributed by atoms with Crippen LogP contribution in [0.3, 0.4) is 0 Å². The van der Waals surface area contributed by atoms with Gasteiger partial charge in [-0.3, -0.25) is 0 Å². The van der Waals surface area contributed by atoms with E-state index in [2.05, 4.69) is 178 Å². The maximum Gasteiger partial charge on any atom is 0.218 e. The molecule has 2 unspecified atom stereocenters. The summed E-state index contributed by atoms with van der Waals surface area (Å²) in [4.78, 5) is 0. The second kappa shape index (κ2) is 11.7. The van der Waals surface area contributed by atoms with Crippen LogP contribution in [0.15, 0.2) is 171 Å². The summed E-state index contributed by atoms with van der Waals surface area (Å²) < 4.78 is 10.2. The Morgan fingerprint density at radius 1 is 0.579 bits per heavy atom. The third-order valence-electron chi connectivity index (χ3n) is 13.2. The summed E-state index contributed by atoms with van der Waals surface area (Å²) in [5.41, 5.74) is 15.5. The molecule has 0 amide bonds. The predicted octanol–water partition coefficient (Wildman–Crippen LogP) is 12.9. The van der Waals surface area contributed by atoms with E-state index >= 15 is 0 Å². The van der Waals surface area contributed by atoms with Crippen molar-refractivity contribution in [2.75, 3.05) is 0 Å². The van der Waals surface area contributed by atoms with Gasteiger partial charge in [0.15, 0.2) is 24.1 Å². The summed E-state index contributed by atoms with van der Waals surface area (Å²) in [6.07, 6.45) is 7.39. The Kier molecular flexibility index (Phi) is 6.48. The summed E-state index contributed by atoms with van der Waals surface area (Å²) in [6, 6.07) is 57.2. The van der Waals surface area contributed by atoms with Crippen LogP contribution in [0.25, 0.3) is 97.6 Å². The molecule has 0 saturated heterocycles. The molecule has 7 heterocycles. The molecule has 0 N–H and O–H groups in total. The Morgan fingerprint density at radius 3 is 2.25 bits per heavy atom. The number of hydrogen-bond donors (Lipinski definition) is 0. The lowest BCUT2D eigenvalue weighted by molar-refractivity contribution is -0.720. The monoisotopic (exact) mass is 747 g/mol. The summed E-state index contributed by atoms with van der Waals surface area (Å²) in [5.74, 6) is 0.340. The Balaban J connectivity index is 1.13. The van der Waals surface area contributed by atoms with Crippen LogP contribution in [0.4, 0.5) is 0 Å². The third kappa shape index (κ3) is 4.36. The summed E-state index contributed by atoms with van der Waals surface area (Å²) >= 11 is 1.93. The van der Waals surface area contributed by atoms with E-state index in [1.807, 2.05) is 11.3 Å². The number of pyridine rings is 2. The maximum absolute atomic E-state index is 4.82. The van der Waals surface area contributed by atoms with Crippen LogP contribution in [0.2, 0.25) is 0 Å². The number of allylic oxidation sites excluding steroid dienone is 1. The van der Waals surface area contributed by atoms with Crippen LogP contribution < -0.4 is 9.13 Å². The van der Waals surface area contributed by atoms with Gasteiger partial charge in [0.1, 0.15) is 0 Å². The van der Waals surface area contributed by atoms with Crippen LogP contribution in [0, 0.1) is 0 Å². The summed E-state index contributed by atoms with van der Waals surface area (Å²) in [6.45, 7) is 4.82. The van der Waals surface area contributed by atoms with E-state index in [4.69, 9.17) is 6.58 Å². The largest absolute Gasteiger partial charge is 0.307 e. The van der Waals surface area contributed by atoms with Gasteiger partial charge in [0.2, 0.25) is 11.4 Å². The van der Waals surface area contributed by atoms with E-state index in [9.17, 15) is 0 Å². The Bertz CT molecular complexity index is 3480. The van der Waals surface area contributed by atoms with Gasteiger partial charge in [-0.25, -0.2) is 0 Å². The van der Waals surface area contributed by atoms with Crippen LogP contribution in [0.1, 0.15) is 35.9 Å². The summed E-state index contributed by atoms with van der Waals surface area (Å²) in [5, 5.41) is 7.92. The van der Waals surface area contributed by atoms with Crippen molar-refractivity contribution in [3.05, 3.63) is 182 Å². The van der Waals surface area contributed by atoms with Crippen molar-refractivity contribution in [3.63, 3.8) is 0 Å². The fraction of sp³-hybridized carbons (Fsp3) is 0.0943. The van der Waals surface area contributed by atoms with Gasteiger partial charge in [0.05, 0.1) is 33.2 Å². The lowest BCUT2D eigenvalue weighted by Gasteiger charge is -2.31. The molecule has 268 valence electrons. The minimum absolute atomic E-state index is 0.259. The smallest absolute Gasteiger partial charge is 0.218 e. The molecular weight excluding hydrogens is 711 g/mol. The molecule has 0 saturated carbocycles. The molecule has 57 heavy (non-hydrogen) atoms. The van der Waals surface area contributed by atoms with Crippen LogP contribution in [-0.2, 0) is 6.42 Å². The molecule has 0 radical (unpaired) electrons. The highest BCUT2D eigenvalue weighted by atomic mass is 32.1. The number of rotatable bonds is 1. The van der Waals surface area contributed by atoms with Gasteiger partial charge in [0, 0.05) is 72.8 Å². The van der Waals surface area contributed by atoms with Crippen molar-refractivity contribution >= 4 is 75.3 Å². The van der Waals surface area contributed by atoms with Crippen molar-refractivity contribution < 1.29 is 9.13 Å². The van der Waals surface area contributed by atoms with Gasteiger partial charge in [-0.1, -0.05) is 78.9 Å². The molecule has 11 aromatic rings. The first kappa shape index (κ1) is 31.6. The van der Waals surface area contributed by atoms with Crippen LogP contribution in [0.5, 0.6) is 0 Å². The van der Waals surface area contributed by atoms with E-state index in [0.717, 1.165) is 25.0 Å². The highest BCUT2D eigenvalue weighted by Gasteiger charge is 2.42. The predicted molar refractivity (Wildman–Crippen MR) is 237 cm³/mol. The number of thiophene rings is 1. The van der Waals surface area contributed by atoms with Crippen LogP contribution in [-0.4, -0.2) is 4.40 Å². The number of nitrogens with zero attached hydrogens (tertiary/aromatic N) is 3. The van der Waals surface area contributed by atoms with Crippen molar-refractivity contribution in [3.8, 4) is 33.6 Å². The lowest BCUT2D eigenvalue weighted by atomic mass is 9.77. The summed E-state index contributed by atoms with van der Waals surface area (Å²) in [7, 11) is 0. The zero-order chi connectivity index (χ0) is 37.4. The first-order valence-electron chi connectivity index (χ1n) is 20.1. The standard InChI is InChI=1S/C53H37N3S/c1-32-27-48-38(36-15-5-6-16-37(36)46-18-10-12-26-55(46)48)22-21-34-30-49-43(31-42(34)47-19-9-11-25-54(32)47)45-29-35(33-13-3-2-4-14-33)28-44-40-23-24-41-39-17-7-8-20-50(39)57-53(41)52(40)56(49)51(44)45/h2-20,23-26,28-31,38,48H,1,21-22,27H2/q+2. The minimum atomic E-state index is 0.259. The van der Waals surface area contributed by atoms with Crippen LogP contribution >= 0.6 is 11.3 Å². The number of fused-ring (bicyclic) bond motifs is 19. The molecule has 0 aliphatic carbocycles. The molecule has 4 heteroatoms. The Hall–Kier alpha value is -6.62. The molecule has 2 aliphatic rings. The molecule has 13 rings (SSSR count). The number of aryl methyl sites for hydroxylation is 1. The fourth-order valence-electron chi connectivity index (χ4n) is 10.7. The molecule has 3 nitrogen and oxygen atoms in total. The number of hydrogen-bond acceptors (Lipinski definition) is 1. The van der Waals surface area contributed by atoms with Gasteiger partial charge in [-0.05, 0) is 90.2 Å².